The predicted octanol–water partition coefficient (Wildman–Crippen LogP) is 3.50. The molecule has 232 valence electrons. The molecular formula is C32H55N5O4. The van der Waals surface area contributed by atoms with Gasteiger partial charge in [-0.25, -0.2) is 0 Å². The maximum atomic E-state index is 14.0. The minimum Gasteiger partial charge on any atom is -0.351 e. The van der Waals surface area contributed by atoms with E-state index in [2.05, 4.69) is 36.0 Å². The fraction of sp³-hybridized carbons (Fsp3) is 0.750. The number of amides is 4. The minimum atomic E-state index is -0.724. The van der Waals surface area contributed by atoms with Gasteiger partial charge in [-0.1, -0.05) is 53.2 Å². The van der Waals surface area contributed by atoms with Crippen LogP contribution in [0.5, 0.6) is 0 Å². The van der Waals surface area contributed by atoms with E-state index >= 15 is 0 Å². The van der Waals surface area contributed by atoms with Crippen LogP contribution in [0.1, 0.15) is 87.5 Å². The molecule has 0 aromatic heterocycles. The standard InChI is InChI=1S/C32H55N5O4/c1-11-17-33-28(38)24-16-14-19-37(24)30(40)23(6)20-26(21(2)3)35(10)31(41)27(32(7,8)9)34-29(39)25-15-12-13-18-36(25)22(4)5/h11,20-22,24-27H,1,12-19H2,2-10H3,(H,33,38)(H,34,39)/b23-20+/t24?,25?,26-,27?/m1/s1. The van der Waals surface area contributed by atoms with Gasteiger partial charge in [0.05, 0.1) is 12.1 Å². The summed E-state index contributed by atoms with van der Waals surface area (Å²) in [5.41, 5.74) is -0.0198. The molecule has 9 nitrogen and oxygen atoms in total. The van der Waals surface area contributed by atoms with E-state index in [1.807, 2.05) is 40.7 Å². The van der Waals surface area contributed by atoms with Gasteiger partial charge in [-0.3, -0.25) is 24.1 Å². The number of likely N-dealkylation sites (N-methyl/N-ethyl adjacent to an activating group) is 1. The van der Waals surface area contributed by atoms with Gasteiger partial charge < -0.3 is 20.4 Å². The molecule has 2 saturated heterocycles. The molecule has 0 aromatic carbocycles. The van der Waals surface area contributed by atoms with Gasteiger partial charge in [-0.15, -0.1) is 6.58 Å². The molecular weight excluding hydrogens is 518 g/mol. The summed E-state index contributed by atoms with van der Waals surface area (Å²) in [5.74, 6) is -0.634. The van der Waals surface area contributed by atoms with E-state index in [-0.39, 0.29) is 47.7 Å². The van der Waals surface area contributed by atoms with E-state index in [1.54, 1.807) is 29.8 Å². The number of hydrogen-bond donors (Lipinski definition) is 2. The van der Waals surface area contributed by atoms with Gasteiger partial charge in [0.15, 0.2) is 0 Å². The van der Waals surface area contributed by atoms with E-state index < -0.39 is 17.5 Å². The summed E-state index contributed by atoms with van der Waals surface area (Å²) in [4.78, 5) is 59.2. The number of nitrogens with one attached hydrogen (secondary N) is 2. The summed E-state index contributed by atoms with van der Waals surface area (Å²) in [7, 11) is 1.74. The average Bonchev–Trinajstić information content (AvgIpc) is 3.41. The first kappa shape index (κ1) is 34.5. The Morgan fingerprint density at radius 2 is 1.61 bits per heavy atom. The highest BCUT2D eigenvalue weighted by molar-refractivity contribution is 5.97. The zero-order chi connectivity index (χ0) is 31.1. The second kappa shape index (κ2) is 15.0. The van der Waals surface area contributed by atoms with Crippen molar-refractivity contribution >= 4 is 23.6 Å². The summed E-state index contributed by atoms with van der Waals surface area (Å²) in [5, 5.41) is 5.93. The Morgan fingerprint density at radius 3 is 2.17 bits per heavy atom. The number of carbonyl (C=O) groups is 4. The summed E-state index contributed by atoms with van der Waals surface area (Å²) in [6.45, 7) is 21.3. The van der Waals surface area contributed by atoms with E-state index in [0.29, 0.717) is 25.1 Å². The van der Waals surface area contributed by atoms with Crippen molar-refractivity contribution in [3.63, 3.8) is 0 Å². The topological polar surface area (TPSA) is 102 Å². The van der Waals surface area contributed by atoms with Crippen molar-refractivity contribution in [2.75, 3.05) is 26.7 Å². The Morgan fingerprint density at radius 1 is 0.976 bits per heavy atom. The van der Waals surface area contributed by atoms with Crippen LogP contribution in [0, 0.1) is 11.3 Å². The van der Waals surface area contributed by atoms with Gasteiger partial charge in [0, 0.05) is 31.8 Å². The highest BCUT2D eigenvalue weighted by Crippen LogP contribution is 2.26. The molecule has 0 aromatic rings. The maximum absolute atomic E-state index is 14.0. The van der Waals surface area contributed by atoms with Crippen LogP contribution in [0.25, 0.3) is 0 Å². The smallest absolute Gasteiger partial charge is 0.249 e. The lowest BCUT2D eigenvalue weighted by molar-refractivity contribution is -0.142. The first-order valence-electron chi connectivity index (χ1n) is 15.3. The third-order valence-electron chi connectivity index (χ3n) is 8.38. The summed E-state index contributed by atoms with van der Waals surface area (Å²) < 4.78 is 0. The van der Waals surface area contributed by atoms with Crippen molar-refractivity contribution in [1.29, 1.82) is 0 Å². The molecule has 2 rings (SSSR count). The van der Waals surface area contributed by atoms with Gasteiger partial charge in [0.2, 0.25) is 23.6 Å². The van der Waals surface area contributed by atoms with Crippen LogP contribution in [0.3, 0.4) is 0 Å². The van der Waals surface area contributed by atoms with E-state index in [1.165, 1.54) is 0 Å². The Labute approximate surface area is 248 Å². The monoisotopic (exact) mass is 573 g/mol. The van der Waals surface area contributed by atoms with Crippen LogP contribution >= 0.6 is 0 Å². The molecule has 0 radical (unpaired) electrons. The van der Waals surface area contributed by atoms with Gasteiger partial charge in [-0.2, -0.15) is 0 Å². The van der Waals surface area contributed by atoms with E-state index in [9.17, 15) is 19.2 Å². The van der Waals surface area contributed by atoms with Crippen LogP contribution in [-0.2, 0) is 19.2 Å². The first-order valence-corrected chi connectivity index (χ1v) is 15.3. The molecule has 3 unspecified atom stereocenters. The van der Waals surface area contributed by atoms with Crippen molar-refractivity contribution in [2.45, 2.75) is 118 Å². The quantitative estimate of drug-likeness (QED) is 0.291. The largest absolute Gasteiger partial charge is 0.351 e. The van der Waals surface area contributed by atoms with Crippen molar-refractivity contribution < 1.29 is 19.2 Å². The Hall–Kier alpha value is -2.68. The van der Waals surface area contributed by atoms with Crippen LogP contribution < -0.4 is 10.6 Å². The molecule has 2 fully saturated rings. The van der Waals surface area contributed by atoms with E-state index in [4.69, 9.17) is 0 Å². The van der Waals surface area contributed by atoms with Crippen LogP contribution in [0.15, 0.2) is 24.3 Å². The lowest BCUT2D eigenvalue weighted by Gasteiger charge is -2.41. The Kier molecular flexibility index (Phi) is 12.6. The Balaban J connectivity index is 2.26. The van der Waals surface area contributed by atoms with Gasteiger partial charge in [0.1, 0.15) is 12.1 Å². The maximum Gasteiger partial charge on any atom is 0.249 e. The molecule has 41 heavy (non-hydrogen) atoms. The Bertz CT molecular complexity index is 983. The second-order valence-electron chi connectivity index (χ2n) is 13.4. The molecule has 2 heterocycles. The average molecular weight is 574 g/mol. The van der Waals surface area contributed by atoms with E-state index in [0.717, 1.165) is 32.2 Å². The molecule has 2 N–H and O–H groups in total. The van der Waals surface area contributed by atoms with Crippen molar-refractivity contribution in [3.05, 3.63) is 24.3 Å². The lowest BCUT2D eigenvalue weighted by atomic mass is 9.84. The molecule has 9 heteroatoms. The number of carbonyl (C=O) groups excluding carboxylic acids is 4. The highest BCUT2D eigenvalue weighted by Gasteiger charge is 2.40. The van der Waals surface area contributed by atoms with Crippen molar-refractivity contribution in [1.82, 2.24) is 25.3 Å². The second-order valence-corrected chi connectivity index (χ2v) is 13.4. The highest BCUT2D eigenvalue weighted by atomic mass is 16.2. The number of hydrogen-bond acceptors (Lipinski definition) is 5. The number of rotatable bonds is 11. The molecule has 0 bridgehead atoms. The predicted molar refractivity (Wildman–Crippen MR) is 164 cm³/mol. The molecule has 4 amide bonds. The normalized spacial score (nSPS) is 21.9. The van der Waals surface area contributed by atoms with Gasteiger partial charge in [-0.05, 0) is 64.3 Å². The fourth-order valence-corrected chi connectivity index (χ4v) is 5.97. The van der Waals surface area contributed by atoms with Crippen molar-refractivity contribution in [2.24, 2.45) is 11.3 Å². The minimum absolute atomic E-state index is 0.0167. The number of nitrogens with zero attached hydrogens (tertiary/aromatic N) is 3. The number of likely N-dealkylation sites (tertiary alicyclic amines) is 2. The van der Waals surface area contributed by atoms with Crippen molar-refractivity contribution in [3.8, 4) is 0 Å². The van der Waals surface area contributed by atoms with Crippen LogP contribution in [0.4, 0.5) is 0 Å². The summed E-state index contributed by atoms with van der Waals surface area (Å²) >= 11 is 0. The molecule has 2 aliphatic rings. The number of piperidine rings is 1. The summed E-state index contributed by atoms with van der Waals surface area (Å²) in [6, 6.07) is -1.60. The fourth-order valence-electron chi connectivity index (χ4n) is 5.97. The van der Waals surface area contributed by atoms with Gasteiger partial charge >= 0.3 is 0 Å². The summed E-state index contributed by atoms with van der Waals surface area (Å²) in [6.07, 6.45) is 7.70. The third kappa shape index (κ3) is 8.90. The zero-order valence-corrected chi connectivity index (χ0v) is 27.0. The van der Waals surface area contributed by atoms with Crippen LogP contribution in [-0.4, -0.2) is 95.2 Å². The molecule has 0 saturated carbocycles. The molecule has 2 aliphatic heterocycles. The zero-order valence-electron chi connectivity index (χ0n) is 27.0. The first-order chi connectivity index (χ1) is 19.1. The lowest BCUT2D eigenvalue weighted by Crippen LogP contribution is -2.60. The molecule has 4 atom stereocenters. The molecule has 0 spiro atoms. The van der Waals surface area contributed by atoms with Crippen LogP contribution in [0.2, 0.25) is 0 Å². The SMILES string of the molecule is C=CCNC(=O)C1CCCN1C(=O)/C(C)=C/[C@H](C(C)C)N(C)C(=O)C(NC(=O)C1CCCCN1C(C)C)C(C)(C)C. The molecule has 0 aliphatic carbocycles. The third-order valence-corrected chi connectivity index (χ3v) is 8.38. The van der Waals surface area contributed by atoms with Gasteiger partial charge in [0.25, 0.3) is 0 Å².